The van der Waals surface area contributed by atoms with Crippen LogP contribution in [-0.4, -0.2) is 49.2 Å². The number of hydrogen-bond donors (Lipinski definition) is 2. The van der Waals surface area contributed by atoms with Crippen molar-refractivity contribution in [1.82, 2.24) is 20.6 Å². The van der Waals surface area contributed by atoms with Crippen molar-refractivity contribution in [2.45, 2.75) is 37.9 Å². The molecule has 0 radical (unpaired) electrons. The van der Waals surface area contributed by atoms with Crippen LogP contribution in [0.3, 0.4) is 0 Å². The number of carbonyl (C=O) groups is 1. The third kappa shape index (κ3) is 6.34. The number of anilines is 1. The molecule has 0 spiro atoms. The Morgan fingerprint density at radius 2 is 1.95 bits per heavy atom. The summed E-state index contributed by atoms with van der Waals surface area (Å²) in [6, 6.07) is 12.6. The molecule has 11 heteroatoms. The van der Waals surface area contributed by atoms with E-state index in [-0.39, 0.29) is 11.5 Å². The summed E-state index contributed by atoms with van der Waals surface area (Å²) in [7, 11) is 1.77. The zero-order valence-electron chi connectivity index (χ0n) is 22.4. The van der Waals surface area contributed by atoms with Gasteiger partial charge in [-0.3, -0.25) is 9.78 Å². The molecule has 4 rings (SSSR count). The van der Waals surface area contributed by atoms with E-state index in [9.17, 15) is 23.2 Å². The zero-order chi connectivity index (χ0) is 28.8. The number of nitriles is 1. The summed E-state index contributed by atoms with van der Waals surface area (Å²) in [6.45, 7) is 3.71. The number of carbonyl (C=O) groups excluding carboxylic acids is 1. The molecule has 0 bridgehead atoms. The third-order valence-electron chi connectivity index (χ3n) is 7.03. The highest BCUT2D eigenvalue weighted by molar-refractivity contribution is 5.77. The Balaban J connectivity index is 1.61. The van der Waals surface area contributed by atoms with E-state index in [2.05, 4.69) is 20.6 Å². The fourth-order valence-electron chi connectivity index (χ4n) is 4.93. The summed E-state index contributed by atoms with van der Waals surface area (Å²) in [6.07, 6.45) is 0.103. The lowest BCUT2D eigenvalue weighted by molar-refractivity contribution is -0.137. The second-order valence-corrected chi connectivity index (χ2v) is 9.53. The topological polar surface area (TPSA) is 103 Å². The Hall–Kier alpha value is -4.17. The predicted octanol–water partition coefficient (Wildman–Crippen LogP) is 4.65. The van der Waals surface area contributed by atoms with E-state index in [1.54, 1.807) is 19.4 Å². The quantitative estimate of drug-likeness (QED) is 0.398. The number of aromatic nitrogens is 2. The van der Waals surface area contributed by atoms with Gasteiger partial charge in [-0.1, -0.05) is 6.07 Å². The number of nitrogens with zero attached hydrogens (tertiary/aromatic N) is 4. The van der Waals surface area contributed by atoms with Crippen LogP contribution in [0.2, 0.25) is 0 Å². The highest BCUT2D eigenvalue weighted by Crippen LogP contribution is 2.38. The smallest absolute Gasteiger partial charge is 0.416 e. The first kappa shape index (κ1) is 28.8. The molecule has 0 saturated carbocycles. The SMILES string of the molecule is CCOc1ncccc1-c1ccc(C2(NC(=O)CCNC)CCN(c3ccc(C(F)(F)F)cc3C#N)CC2)cn1. The average Bonchev–Trinajstić information content (AvgIpc) is 2.96. The number of piperidine rings is 1. The van der Waals surface area contributed by atoms with Gasteiger partial charge in [0.05, 0.1) is 40.2 Å². The van der Waals surface area contributed by atoms with E-state index < -0.39 is 17.3 Å². The van der Waals surface area contributed by atoms with Crippen LogP contribution in [0, 0.1) is 11.3 Å². The minimum Gasteiger partial charge on any atom is -0.477 e. The number of ether oxygens (including phenoxy) is 1. The Kier molecular flexibility index (Phi) is 8.90. The fourth-order valence-corrected chi connectivity index (χ4v) is 4.93. The van der Waals surface area contributed by atoms with Gasteiger partial charge in [0.2, 0.25) is 11.8 Å². The first-order valence-corrected chi connectivity index (χ1v) is 13.1. The Morgan fingerprint density at radius 3 is 2.58 bits per heavy atom. The second-order valence-electron chi connectivity index (χ2n) is 9.53. The van der Waals surface area contributed by atoms with Crippen molar-refractivity contribution in [3.63, 3.8) is 0 Å². The molecular formula is C29H31F3N6O2. The van der Waals surface area contributed by atoms with E-state index in [0.29, 0.717) is 62.8 Å². The van der Waals surface area contributed by atoms with Crippen molar-refractivity contribution < 1.29 is 22.7 Å². The van der Waals surface area contributed by atoms with Crippen LogP contribution in [0.15, 0.2) is 54.9 Å². The lowest BCUT2D eigenvalue weighted by Crippen LogP contribution is -2.53. The van der Waals surface area contributed by atoms with Crippen molar-refractivity contribution >= 4 is 11.6 Å². The average molecular weight is 553 g/mol. The molecule has 0 atom stereocenters. The molecule has 210 valence electrons. The van der Waals surface area contributed by atoms with Crippen LogP contribution in [0.4, 0.5) is 18.9 Å². The summed E-state index contributed by atoms with van der Waals surface area (Å²) in [5.74, 6) is 0.364. The molecule has 0 unspecified atom stereocenters. The van der Waals surface area contributed by atoms with Gasteiger partial charge in [0, 0.05) is 38.4 Å². The van der Waals surface area contributed by atoms with Crippen LogP contribution >= 0.6 is 0 Å². The number of nitrogens with one attached hydrogen (secondary N) is 2. The number of halogens is 3. The molecule has 1 saturated heterocycles. The Labute approximate surface area is 231 Å². The van der Waals surface area contributed by atoms with Crippen LogP contribution in [0.5, 0.6) is 5.88 Å². The van der Waals surface area contributed by atoms with Gasteiger partial charge in [-0.2, -0.15) is 18.4 Å². The number of rotatable bonds is 9. The highest BCUT2D eigenvalue weighted by Gasteiger charge is 2.39. The minimum atomic E-state index is -4.53. The summed E-state index contributed by atoms with van der Waals surface area (Å²) in [4.78, 5) is 23.7. The van der Waals surface area contributed by atoms with Gasteiger partial charge in [0.1, 0.15) is 6.07 Å². The van der Waals surface area contributed by atoms with Crippen LogP contribution in [0.25, 0.3) is 11.3 Å². The lowest BCUT2D eigenvalue weighted by atomic mass is 9.81. The normalized spacial score (nSPS) is 14.8. The van der Waals surface area contributed by atoms with E-state index in [4.69, 9.17) is 4.74 Å². The van der Waals surface area contributed by atoms with Gasteiger partial charge in [-0.05, 0) is 68.8 Å². The Morgan fingerprint density at radius 1 is 1.18 bits per heavy atom. The van der Waals surface area contributed by atoms with Crippen molar-refractivity contribution in [2.24, 2.45) is 0 Å². The highest BCUT2D eigenvalue weighted by atomic mass is 19.4. The summed E-state index contributed by atoms with van der Waals surface area (Å²) in [5.41, 5.74) is 1.07. The van der Waals surface area contributed by atoms with Crippen LogP contribution in [0.1, 0.15) is 42.9 Å². The fraction of sp³-hybridized carbons (Fsp3) is 0.379. The maximum Gasteiger partial charge on any atom is 0.416 e. The predicted molar refractivity (Wildman–Crippen MR) is 145 cm³/mol. The maximum absolute atomic E-state index is 13.2. The van der Waals surface area contributed by atoms with Crippen molar-refractivity contribution in [3.05, 3.63) is 71.5 Å². The summed E-state index contributed by atoms with van der Waals surface area (Å²) in [5, 5.41) is 15.7. The van der Waals surface area contributed by atoms with Crippen LogP contribution in [-0.2, 0) is 16.5 Å². The maximum atomic E-state index is 13.2. The largest absolute Gasteiger partial charge is 0.477 e. The van der Waals surface area contributed by atoms with E-state index in [1.807, 2.05) is 42.2 Å². The van der Waals surface area contributed by atoms with Gasteiger partial charge < -0.3 is 20.3 Å². The first-order chi connectivity index (χ1) is 19.2. The molecule has 0 aliphatic carbocycles. The van der Waals surface area contributed by atoms with E-state index in [1.165, 1.54) is 6.07 Å². The van der Waals surface area contributed by atoms with Gasteiger partial charge >= 0.3 is 6.18 Å². The first-order valence-electron chi connectivity index (χ1n) is 13.1. The molecule has 40 heavy (non-hydrogen) atoms. The van der Waals surface area contributed by atoms with E-state index >= 15 is 0 Å². The number of amides is 1. The molecule has 8 nitrogen and oxygen atoms in total. The molecule has 1 aliphatic heterocycles. The van der Waals surface area contributed by atoms with E-state index in [0.717, 1.165) is 23.3 Å². The number of hydrogen-bond acceptors (Lipinski definition) is 7. The molecular weight excluding hydrogens is 521 g/mol. The standard InChI is InChI=1S/C29H31F3N6O2/c1-3-40-27-23(5-4-13-35-27)24-8-6-22(19-36-24)28(37-26(39)10-14-34-2)11-15-38(16-12-28)25-9-7-21(29(30,31)32)17-20(25)18-33/h4-9,13,17,19,34H,3,10-12,14-16H2,1-2H3,(H,37,39). The monoisotopic (exact) mass is 552 g/mol. The molecule has 1 fully saturated rings. The van der Waals surface area contributed by atoms with Gasteiger partial charge in [0.15, 0.2) is 0 Å². The summed E-state index contributed by atoms with van der Waals surface area (Å²) >= 11 is 0. The molecule has 3 aromatic rings. The molecule has 3 heterocycles. The number of benzene rings is 1. The third-order valence-corrected chi connectivity index (χ3v) is 7.03. The number of alkyl halides is 3. The molecule has 1 amide bonds. The van der Waals surface area contributed by atoms with Crippen molar-refractivity contribution in [3.8, 4) is 23.2 Å². The van der Waals surface area contributed by atoms with Gasteiger partial charge in [-0.25, -0.2) is 4.98 Å². The minimum absolute atomic E-state index is 0.0343. The molecule has 1 aliphatic rings. The van der Waals surface area contributed by atoms with Crippen LogP contribution < -0.4 is 20.3 Å². The Bertz CT molecular complexity index is 1360. The molecule has 2 N–H and O–H groups in total. The zero-order valence-corrected chi connectivity index (χ0v) is 22.4. The van der Waals surface area contributed by atoms with Crippen molar-refractivity contribution in [2.75, 3.05) is 38.2 Å². The van der Waals surface area contributed by atoms with Crippen molar-refractivity contribution in [1.29, 1.82) is 5.26 Å². The molecule has 2 aromatic heterocycles. The lowest BCUT2D eigenvalue weighted by Gasteiger charge is -2.43. The summed E-state index contributed by atoms with van der Waals surface area (Å²) < 4.78 is 45.2. The molecule has 1 aromatic carbocycles. The second kappa shape index (κ2) is 12.3. The van der Waals surface area contributed by atoms with Gasteiger partial charge in [0.25, 0.3) is 0 Å². The number of pyridine rings is 2. The van der Waals surface area contributed by atoms with Gasteiger partial charge in [-0.15, -0.1) is 0 Å².